The van der Waals surface area contributed by atoms with Crippen molar-refractivity contribution in [3.63, 3.8) is 0 Å². The van der Waals surface area contributed by atoms with Crippen molar-refractivity contribution in [3.05, 3.63) is 35.4 Å². The van der Waals surface area contributed by atoms with Gasteiger partial charge in [0.05, 0.1) is 6.54 Å². The van der Waals surface area contributed by atoms with E-state index in [9.17, 15) is 4.79 Å². The highest BCUT2D eigenvalue weighted by Gasteiger charge is 2.19. The van der Waals surface area contributed by atoms with Crippen LogP contribution in [0.2, 0.25) is 0 Å². The first-order valence-corrected chi connectivity index (χ1v) is 7.92. The van der Waals surface area contributed by atoms with E-state index in [2.05, 4.69) is 41.4 Å². The number of carbonyl (C=O) groups is 1. The van der Waals surface area contributed by atoms with Gasteiger partial charge in [-0.25, -0.2) is 0 Å². The Morgan fingerprint density at radius 3 is 2.57 bits per heavy atom. The first kappa shape index (κ1) is 16.0. The summed E-state index contributed by atoms with van der Waals surface area (Å²) in [5.74, 6) is 0.870. The minimum atomic E-state index is 0.118. The van der Waals surface area contributed by atoms with Crippen LogP contribution < -0.4 is 11.1 Å². The van der Waals surface area contributed by atoms with Crippen LogP contribution in [0.3, 0.4) is 0 Å². The molecule has 4 nitrogen and oxygen atoms in total. The van der Waals surface area contributed by atoms with E-state index in [-0.39, 0.29) is 5.91 Å². The lowest BCUT2D eigenvalue weighted by atomic mass is 9.94. The van der Waals surface area contributed by atoms with Crippen molar-refractivity contribution in [3.8, 4) is 0 Å². The monoisotopic (exact) mass is 289 g/mol. The highest BCUT2D eigenvalue weighted by molar-refractivity contribution is 5.78. The molecular formula is C17H27N3O. The number of nitrogens with two attached hydrogens (primary N) is 1. The molecule has 21 heavy (non-hydrogen) atoms. The smallest absolute Gasteiger partial charge is 0.234 e. The van der Waals surface area contributed by atoms with Gasteiger partial charge in [0.1, 0.15) is 0 Å². The average molecular weight is 289 g/mol. The second-order valence-corrected chi connectivity index (χ2v) is 6.06. The molecule has 4 heteroatoms. The number of nitrogens with zero attached hydrogens (tertiary/aromatic N) is 1. The van der Waals surface area contributed by atoms with Crippen LogP contribution in [0, 0.1) is 12.8 Å². The van der Waals surface area contributed by atoms with E-state index in [4.69, 9.17) is 5.73 Å². The van der Waals surface area contributed by atoms with Gasteiger partial charge in [0, 0.05) is 6.54 Å². The van der Waals surface area contributed by atoms with Gasteiger partial charge in [-0.05, 0) is 57.3 Å². The zero-order valence-electron chi connectivity index (χ0n) is 13.0. The predicted molar refractivity (Wildman–Crippen MR) is 85.9 cm³/mol. The van der Waals surface area contributed by atoms with Crippen molar-refractivity contribution < 1.29 is 4.79 Å². The molecule has 0 spiro atoms. The van der Waals surface area contributed by atoms with E-state index in [1.807, 2.05) is 0 Å². The number of likely N-dealkylation sites (tertiary alicyclic amines) is 1. The van der Waals surface area contributed by atoms with Crippen molar-refractivity contribution in [1.82, 2.24) is 10.2 Å². The summed E-state index contributed by atoms with van der Waals surface area (Å²) in [7, 11) is 0. The Bertz CT molecular complexity index is 436. The van der Waals surface area contributed by atoms with E-state index in [0.717, 1.165) is 37.5 Å². The summed E-state index contributed by atoms with van der Waals surface area (Å²) in [6, 6.07) is 8.27. The molecule has 0 saturated carbocycles. The number of amides is 1. The average Bonchev–Trinajstić information content (AvgIpc) is 2.49. The Morgan fingerprint density at radius 2 is 1.95 bits per heavy atom. The molecular weight excluding hydrogens is 262 g/mol. The van der Waals surface area contributed by atoms with Gasteiger partial charge >= 0.3 is 0 Å². The maximum atomic E-state index is 12.0. The number of piperidine rings is 1. The Labute approximate surface area is 127 Å². The first-order valence-electron chi connectivity index (χ1n) is 7.92. The van der Waals surface area contributed by atoms with Crippen LogP contribution in [-0.2, 0) is 11.3 Å². The summed E-state index contributed by atoms with van der Waals surface area (Å²) in [6.07, 6.45) is 3.46. The van der Waals surface area contributed by atoms with Crippen molar-refractivity contribution in [2.45, 2.75) is 32.7 Å². The minimum Gasteiger partial charge on any atom is -0.351 e. The topological polar surface area (TPSA) is 58.4 Å². The lowest BCUT2D eigenvalue weighted by molar-refractivity contribution is -0.122. The summed E-state index contributed by atoms with van der Waals surface area (Å²) in [4.78, 5) is 14.2. The third-order valence-corrected chi connectivity index (χ3v) is 4.26. The molecule has 0 aromatic heterocycles. The van der Waals surface area contributed by atoms with Gasteiger partial charge in [-0.1, -0.05) is 29.8 Å². The van der Waals surface area contributed by atoms with Crippen LogP contribution >= 0.6 is 0 Å². The van der Waals surface area contributed by atoms with Gasteiger partial charge in [0.2, 0.25) is 5.91 Å². The summed E-state index contributed by atoms with van der Waals surface area (Å²) < 4.78 is 0. The first-order chi connectivity index (χ1) is 10.2. The second-order valence-electron chi connectivity index (χ2n) is 6.06. The molecule has 1 fully saturated rings. The van der Waals surface area contributed by atoms with E-state index < -0.39 is 0 Å². The van der Waals surface area contributed by atoms with Crippen LogP contribution in [0.25, 0.3) is 0 Å². The number of carbonyl (C=O) groups excluding carboxylic acids is 1. The van der Waals surface area contributed by atoms with E-state index in [1.54, 1.807) is 0 Å². The molecule has 0 unspecified atom stereocenters. The summed E-state index contributed by atoms with van der Waals surface area (Å²) in [5, 5.41) is 3.00. The molecule has 1 heterocycles. The normalized spacial score (nSPS) is 16.9. The molecule has 0 aliphatic carbocycles. The molecule has 1 aromatic rings. The van der Waals surface area contributed by atoms with Gasteiger partial charge in [-0.15, -0.1) is 0 Å². The fraction of sp³-hybridized carbons (Fsp3) is 0.588. The van der Waals surface area contributed by atoms with E-state index >= 15 is 0 Å². The van der Waals surface area contributed by atoms with Gasteiger partial charge in [-0.2, -0.15) is 0 Å². The third kappa shape index (κ3) is 5.48. The standard InChI is InChI=1S/C17H27N3O/c1-14-2-4-16(5-3-14)12-19-17(21)13-20-10-7-15(6-9-18)8-11-20/h2-5,15H,6-13,18H2,1H3,(H,19,21). The quantitative estimate of drug-likeness (QED) is 0.837. The molecule has 1 saturated heterocycles. The maximum absolute atomic E-state index is 12.0. The molecule has 116 valence electrons. The highest BCUT2D eigenvalue weighted by atomic mass is 16.2. The number of hydrogen-bond acceptors (Lipinski definition) is 3. The molecule has 1 aromatic carbocycles. The van der Waals surface area contributed by atoms with Gasteiger partial charge in [0.15, 0.2) is 0 Å². The van der Waals surface area contributed by atoms with Crippen molar-refractivity contribution in [2.75, 3.05) is 26.2 Å². The fourth-order valence-electron chi connectivity index (χ4n) is 2.83. The number of aryl methyl sites for hydroxylation is 1. The number of nitrogens with one attached hydrogen (secondary N) is 1. The SMILES string of the molecule is Cc1ccc(CNC(=O)CN2CCC(CCN)CC2)cc1. The number of benzene rings is 1. The lowest BCUT2D eigenvalue weighted by Crippen LogP contribution is -2.41. The fourth-order valence-corrected chi connectivity index (χ4v) is 2.83. The minimum absolute atomic E-state index is 0.118. The maximum Gasteiger partial charge on any atom is 0.234 e. The van der Waals surface area contributed by atoms with Crippen LogP contribution in [0.15, 0.2) is 24.3 Å². The largest absolute Gasteiger partial charge is 0.351 e. The van der Waals surface area contributed by atoms with E-state index in [1.165, 1.54) is 18.4 Å². The van der Waals surface area contributed by atoms with Crippen molar-refractivity contribution in [1.29, 1.82) is 0 Å². The number of hydrogen-bond donors (Lipinski definition) is 2. The Kier molecular flexibility index (Phi) is 6.21. The molecule has 1 aliphatic heterocycles. The zero-order valence-corrected chi connectivity index (χ0v) is 13.0. The third-order valence-electron chi connectivity index (χ3n) is 4.26. The molecule has 1 aliphatic rings. The Morgan fingerprint density at radius 1 is 1.29 bits per heavy atom. The zero-order chi connectivity index (χ0) is 15.1. The molecule has 1 amide bonds. The second kappa shape index (κ2) is 8.15. The summed E-state index contributed by atoms with van der Waals surface area (Å²) in [5.41, 5.74) is 7.99. The lowest BCUT2D eigenvalue weighted by Gasteiger charge is -2.31. The molecule has 0 bridgehead atoms. The number of rotatable bonds is 6. The van der Waals surface area contributed by atoms with Crippen LogP contribution in [-0.4, -0.2) is 37.0 Å². The van der Waals surface area contributed by atoms with Crippen molar-refractivity contribution in [2.24, 2.45) is 11.7 Å². The van der Waals surface area contributed by atoms with Gasteiger partial charge in [0.25, 0.3) is 0 Å². The van der Waals surface area contributed by atoms with Crippen molar-refractivity contribution >= 4 is 5.91 Å². The van der Waals surface area contributed by atoms with Crippen LogP contribution in [0.4, 0.5) is 0 Å². The Hall–Kier alpha value is -1.39. The summed E-state index contributed by atoms with van der Waals surface area (Å²) >= 11 is 0. The predicted octanol–water partition coefficient (Wildman–Crippen LogP) is 1.67. The molecule has 3 N–H and O–H groups in total. The van der Waals surface area contributed by atoms with Crippen LogP contribution in [0.5, 0.6) is 0 Å². The molecule has 0 atom stereocenters. The highest BCUT2D eigenvalue weighted by Crippen LogP contribution is 2.19. The van der Waals surface area contributed by atoms with Gasteiger partial charge in [-0.3, -0.25) is 9.69 Å². The van der Waals surface area contributed by atoms with E-state index in [0.29, 0.717) is 13.1 Å². The summed E-state index contributed by atoms with van der Waals surface area (Å²) in [6.45, 7) is 6.01. The Balaban J connectivity index is 1.67. The molecule has 2 rings (SSSR count). The molecule has 0 radical (unpaired) electrons. The van der Waals surface area contributed by atoms with Gasteiger partial charge < -0.3 is 11.1 Å². The van der Waals surface area contributed by atoms with Crippen LogP contribution in [0.1, 0.15) is 30.4 Å².